The molecule has 1 heterocycles. The van der Waals surface area contributed by atoms with E-state index in [9.17, 15) is 14.4 Å². The fourth-order valence-corrected chi connectivity index (χ4v) is 2.80. The molecule has 2 rings (SSSR count). The minimum Gasteiger partial charge on any atom is -0.466 e. The van der Waals surface area contributed by atoms with E-state index in [0.29, 0.717) is 37.9 Å². The first-order valence-corrected chi connectivity index (χ1v) is 8.58. The third-order valence-corrected chi connectivity index (χ3v) is 4.12. The van der Waals surface area contributed by atoms with E-state index >= 15 is 0 Å². The zero-order chi connectivity index (χ0) is 18.2. The van der Waals surface area contributed by atoms with Gasteiger partial charge in [0.1, 0.15) is 5.78 Å². The Morgan fingerprint density at radius 3 is 2.68 bits per heavy atom. The monoisotopic (exact) mass is 341 g/mol. The van der Waals surface area contributed by atoms with Gasteiger partial charge in [-0.15, -0.1) is 0 Å². The maximum atomic E-state index is 12.7. The van der Waals surface area contributed by atoms with Crippen molar-refractivity contribution in [2.75, 3.05) is 6.61 Å². The number of ether oxygens (including phenoxy) is 1. The largest absolute Gasteiger partial charge is 0.466 e. The highest BCUT2D eigenvalue weighted by Crippen LogP contribution is 2.20. The van der Waals surface area contributed by atoms with Crippen molar-refractivity contribution in [2.24, 2.45) is 5.92 Å². The van der Waals surface area contributed by atoms with E-state index in [-0.39, 0.29) is 17.5 Å². The number of fused-ring (bicyclic) bond motifs is 1. The topological polar surface area (TPSA) is 73.3 Å². The molecule has 0 saturated heterocycles. The van der Waals surface area contributed by atoms with Crippen molar-refractivity contribution in [1.29, 1.82) is 0 Å². The molecular weight excluding hydrogens is 318 g/mol. The van der Waals surface area contributed by atoms with Gasteiger partial charge in [0.05, 0.1) is 18.0 Å². The number of hydrogen-bond acceptors (Lipinski definition) is 5. The molecule has 0 amide bonds. The maximum Gasteiger partial charge on any atom is 0.305 e. The molecule has 1 aromatic carbocycles. The normalized spacial score (nSPS) is 11.9. The zero-order valence-corrected chi connectivity index (χ0v) is 14.7. The Bertz CT molecular complexity index is 769. The highest BCUT2D eigenvalue weighted by atomic mass is 16.5. The summed E-state index contributed by atoms with van der Waals surface area (Å²) >= 11 is 0. The molecule has 0 spiro atoms. The quantitative estimate of drug-likeness (QED) is 0.301. The summed E-state index contributed by atoms with van der Waals surface area (Å²) in [6.07, 6.45) is 3.69. The first-order valence-electron chi connectivity index (χ1n) is 8.58. The summed E-state index contributed by atoms with van der Waals surface area (Å²) in [6.45, 7) is 3.57. The fraction of sp³-hybridized carbons (Fsp3) is 0.400. The van der Waals surface area contributed by atoms with Crippen LogP contribution in [0.2, 0.25) is 0 Å². The van der Waals surface area contributed by atoms with Crippen LogP contribution in [0.5, 0.6) is 0 Å². The number of pyridine rings is 1. The van der Waals surface area contributed by atoms with E-state index in [2.05, 4.69) is 4.98 Å². The van der Waals surface area contributed by atoms with Gasteiger partial charge in [-0.2, -0.15) is 0 Å². The summed E-state index contributed by atoms with van der Waals surface area (Å²) < 4.78 is 4.88. The van der Waals surface area contributed by atoms with Gasteiger partial charge in [-0.05, 0) is 51.0 Å². The molecule has 0 bridgehead atoms. The van der Waals surface area contributed by atoms with E-state index in [1.807, 2.05) is 12.1 Å². The van der Waals surface area contributed by atoms with E-state index < -0.39 is 5.92 Å². The molecule has 1 aromatic heterocycles. The summed E-state index contributed by atoms with van der Waals surface area (Å²) in [4.78, 5) is 40.2. The van der Waals surface area contributed by atoms with Gasteiger partial charge in [-0.3, -0.25) is 19.4 Å². The number of rotatable bonds is 9. The van der Waals surface area contributed by atoms with Crippen LogP contribution in [0.15, 0.2) is 36.5 Å². The Kier molecular flexibility index (Phi) is 6.81. The zero-order valence-electron chi connectivity index (χ0n) is 14.7. The van der Waals surface area contributed by atoms with E-state index in [1.54, 1.807) is 31.3 Å². The van der Waals surface area contributed by atoms with Gasteiger partial charge < -0.3 is 4.74 Å². The molecule has 0 aliphatic heterocycles. The molecular formula is C20H23NO4. The number of carbonyl (C=O) groups excluding carboxylic acids is 3. The predicted molar refractivity (Wildman–Crippen MR) is 95.3 cm³/mol. The van der Waals surface area contributed by atoms with Crippen LogP contribution < -0.4 is 0 Å². The molecule has 0 aliphatic carbocycles. The number of nitrogens with zero attached hydrogens (tertiary/aromatic N) is 1. The third kappa shape index (κ3) is 5.21. The van der Waals surface area contributed by atoms with E-state index in [0.717, 1.165) is 10.9 Å². The first-order chi connectivity index (χ1) is 12.0. The first kappa shape index (κ1) is 18.8. The summed E-state index contributed by atoms with van der Waals surface area (Å²) in [7, 11) is 0. The number of esters is 1. The lowest BCUT2D eigenvalue weighted by Crippen LogP contribution is -2.22. The maximum absolute atomic E-state index is 12.7. The van der Waals surface area contributed by atoms with Crippen molar-refractivity contribution in [3.05, 3.63) is 42.1 Å². The molecule has 2 aromatic rings. The molecule has 0 aliphatic rings. The van der Waals surface area contributed by atoms with Crippen LogP contribution in [0.25, 0.3) is 10.9 Å². The minimum absolute atomic E-state index is 0.146. The van der Waals surface area contributed by atoms with Crippen molar-refractivity contribution in [3.8, 4) is 0 Å². The third-order valence-electron chi connectivity index (χ3n) is 4.12. The Labute approximate surface area is 147 Å². The smallest absolute Gasteiger partial charge is 0.305 e. The van der Waals surface area contributed by atoms with Crippen LogP contribution in [0.3, 0.4) is 0 Å². The van der Waals surface area contributed by atoms with Gasteiger partial charge in [0.15, 0.2) is 5.78 Å². The van der Waals surface area contributed by atoms with Gasteiger partial charge in [0.2, 0.25) is 0 Å². The average Bonchev–Trinajstić information content (AvgIpc) is 2.60. The summed E-state index contributed by atoms with van der Waals surface area (Å²) in [5, 5.41) is 0.873. The van der Waals surface area contributed by atoms with E-state index in [1.165, 1.54) is 6.92 Å². The van der Waals surface area contributed by atoms with Crippen molar-refractivity contribution in [2.45, 2.75) is 39.5 Å². The van der Waals surface area contributed by atoms with Crippen LogP contribution >= 0.6 is 0 Å². The van der Waals surface area contributed by atoms with Crippen molar-refractivity contribution in [3.63, 3.8) is 0 Å². The number of ketones is 2. The second-order valence-corrected chi connectivity index (χ2v) is 5.99. The standard InChI is InChI=1S/C20H23NO4/c1-3-25-19(23)9-5-4-8-17(14(2)22)20(24)16-10-11-18-15(13-16)7-6-12-21-18/h6-7,10-13,17H,3-5,8-9H2,1-2H3. The molecule has 25 heavy (non-hydrogen) atoms. The van der Waals surface area contributed by atoms with E-state index in [4.69, 9.17) is 4.74 Å². The highest BCUT2D eigenvalue weighted by Gasteiger charge is 2.24. The Balaban J connectivity index is 2.01. The molecule has 0 fully saturated rings. The van der Waals surface area contributed by atoms with Crippen molar-refractivity contribution < 1.29 is 19.1 Å². The average molecular weight is 341 g/mol. The van der Waals surface area contributed by atoms with Gasteiger partial charge in [-0.25, -0.2) is 0 Å². The molecule has 5 heteroatoms. The van der Waals surface area contributed by atoms with Crippen LogP contribution in [0, 0.1) is 5.92 Å². The second-order valence-electron chi connectivity index (χ2n) is 5.99. The van der Waals surface area contributed by atoms with Crippen molar-refractivity contribution in [1.82, 2.24) is 4.98 Å². The second kappa shape index (κ2) is 9.06. The minimum atomic E-state index is -0.670. The number of unbranched alkanes of at least 4 members (excludes halogenated alkanes) is 1. The Morgan fingerprint density at radius 1 is 1.16 bits per heavy atom. The van der Waals surface area contributed by atoms with Crippen LogP contribution in [0.1, 0.15) is 49.9 Å². The summed E-state index contributed by atoms with van der Waals surface area (Å²) in [5.41, 5.74) is 1.33. The van der Waals surface area contributed by atoms with Gasteiger partial charge in [-0.1, -0.05) is 12.5 Å². The number of Topliss-reactive ketones (excluding diaryl/α,β-unsaturated/α-hetero) is 2. The number of aromatic nitrogens is 1. The lowest BCUT2D eigenvalue weighted by molar-refractivity contribution is -0.143. The summed E-state index contributed by atoms with van der Waals surface area (Å²) in [5.74, 6) is -1.23. The van der Waals surface area contributed by atoms with Gasteiger partial charge in [0.25, 0.3) is 0 Å². The van der Waals surface area contributed by atoms with Crippen LogP contribution in [0.4, 0.5) is 0 Å². The Hall–Kier alpha value is -2.56. The molecule has 5 nitrogen and oxygen atoms in total. The van der Waals surface area contributed by atoms with Crippen LogP contribution in [-0.2, 0) is 14.3 Å². The highest BCUT2D eigenvalue weighted by molar-refractivity contribution is 6.11. The van der Waals surface area contributed by atoms with Crippen LogP contribution in [-0.4, -0.2) is 29.1 Å². The van der Waals surface area contributed by atoms with Gasteiger partial charge >= 0.3 is 5.97 Å². The predicted octanol–water partition coefficient (Wildman–Crippen LogP) is 3.75. The number of benzene rings is 1. The van der Waals surface area contributed by atoms with Gasteiger partial charge in [0, 0.05) is 23.6 Å². The molecule has 0 saturated carbocycles. The van der Waals surface area contributed by atoms with Crippen molar-refractivity contribution >= 4 is 28.4 Å². The molecule has 0 N–H and O–H groups in total. The SMILES string of the molecule is CCOC(=O)CCCCC(C(C)=O)C(=O)c1ccc2ncccc2c1. The summed E-state index contributed by atoms with van der Waals surface area (Å²) in [6, 6.07) is 8.99. The number of hydrogen-bond donors (Lipinski definition) is 0. The Morgan fingerprint density at radius 2 is 1.96 bits per heavy atom. The lowest BCUT2D eigenvalue weighted by atomic mass is 9.89. The number of carbonyl (C=O) groups is 3. The lowest BCUT2D eigenvalue weighted by Gasteiger charge is -2.13. The molecule has 1 atom stereocenters. The fourth-order valence-electron chi connectivity index (χ4n) is 2.80. The molecule has 0 radical (unpaired) electrons. The molecule has 132 valence electrons. The molecule has 1 unspecified atom stereocenters.